The molecule has 0 atom stereocenters. The van der Waals surface area contributed by atoms with Crippen LogP contribution in [0, 0.1) is 0 Å². The molecule has 2 N–H and O–H groups in total. The van der Waals surface area contributed by atoms with Crippen LogP contribution in [-0.4, -0.2) is 13.3 Å². The summed E-state index contributed by atoms with van der Waals surface area (Å²) in [6, 6.07) is 2.46. The molecule has 0 spiro atoms. The van der Waals surface area contributed by atoms with Gasteiger partial charge in [-0.1, -0.05) is 0 Å². The van der Waals surface area contributed by atoms with Crippen LogP contribution >= 0.6 is 0 Å². The third-order valence-corrected chi connectivity index (χ3v) is 3.63. The van der Waals surface area contributed by atoms with Crippen molar-refractivity contribution in [3.8, 4) is 11.5 Å². The Morgan fingerprint density at radius 2 is 1.78 bits per heavy atom. The molecule has 18 heavy (non-hydrogen) atoms. The van der Waals surface area contributed by atoms with Crippen molar-refractivity contribution in [1.29, 1.82) is 0 Å². The number of hydrogen-bond donors (Lipinski definition) is 1. The van der Waals surface area contributed by atoms with Crippen LogP contribution in [0.5, 0.6) is 11.5 Å². The van der Waals surface area contributed by atoms with E-state index in [4.69, 9.17) is 15.2 Å². The van der Waals surface area contributed by atoms with Gasteiger partial charge in [-0.3, -0.25) is 0 Å². The van der Waals surface area contributed by atoms with Gasteiger partial charge < -0.3 is 15.2 Å². The summed E-state index contributed by atoms with van der Waals surface area (Å²) in [6.07, 6.45) is -3.03. The molecule has 1 fully saturated rings. The predicted octanol–water partition coefficient (Wildman–Crippen LogP) is 2.42. The largest absolute Gasteiger partial charge is 0.454 e. The highest BCUT2D eigenvalue weighted by molar-refractivity contribution is 5.53. The molecule has 0 aromatic heterocycles. The van der Waals surface area contributed by atoms with E-state index in [1.54, 1.807) is 0 Å². The van der Waals surface area contributed by atoms with Crippen LogP contribution in [0.4, 0.5) is 13.2 Å². The van der Waals surface area contributed by atoms with Crippen molar-refractivity contribution in [1.82, 2.24) is 0 Å². The van der Waals surface area contributed by atoms with Crippen molar-refractivity contribution in [2.24, 2.45) is 5.73 Å². The van der Waals surface area contributed by atoms with Gasteiger partial charge in [0, 0.05) is 12.0 Å². The minimum atomic E-state index is -4.40. The maximum absolute atomic E-state index is 13.1. The summed E-state index contributed by atoms with van der Waals surface area (Å²) in [5.41, 5.74) is 4.66. The summed E-state index contributed by atoms with van der Waals surface area (Å²) in [5.74, 6) is 0.525. The molecule has 1 aliphatic heterocycles. The Morgan fingerprint density at radius 1 is 1.17 bits per heavy atom. The van der Waals surface area contributed by atoms with Crippen LogP contribution in [0.3, 0.4) is 0 Å². The van der Waals surface area contributed by atoms with Gasteiger partial charge in [0.15, 0.2) is 11.5 Å². The third-order valence-electron chi connectivity index (χ3n) is 3.63. The Labute approximate surface area is 102 Å². The van der Waals surface area contributed by atoms with Crippen LogP contribution in [0.1, 0.15) is 24.0 Å². The zero-order chi connectivity index (χ0) is 13.0. The lowest BCUT2D eigenvalue weighted by Crippen LogP contribution is -2.24. The van der Waals surface area contributed by atoms with E-state index in [9.17, 15) is 13.2 Å². The van der Waals surface area contributed by atoms with Crippen LogP contribution in [0.2, 0.25) is 0 Å². The average molecular weight is 259 g/mol. The highest BCUT2D eigenvalue weighted by Gasteiger charge is 2.49. The summed E-state index contributed by atoms with van der Waals surface area (Å²) in [4.78, 5) is 0. The van der Waals surface area contributed by atoms with Crippen LogP contribution < -0.4 is 15.2 Å². The monoisotopic (exact) mass is 259 g/mol. The van der Waals surface area contributed by atoms with Gasteiger partial charge in [-0.25, -0.2) is 0 Å². The van der Waals surface area contributed by atoms with Crippen LogP contribution in [-0.2, 0) is 11.6 Å². The molecule has 1 aromatic rings. The van der Waals surface area contributed by atoms with Gasteiger partial charge in [0.25, 0.3) is 0 Å². The second kappa shape index (κ2) is 3.54. The van der Waals surface area contributed by atoms with Crippen molar-refractivity contribution >= 4 is 0 Å². The lowest BCUT2D eigenvalue weighted by Gasteiger charge is -2.20. The van der Waals surface area contributed by atoms with E-state index in [1.807, 2.05) is 0 Å². The summed E-state index contributed by atoms with van der Waals surface area (Å²) >= 11 is 0. The summed E-state index contributed by atoms with van der Waals surface area (Å²) in [5, 5.41) is 0. The molecular formula is C12H12F3NO2. The first-order chi connectivity index (χ1) is 8.46. The van der Waals surface area contributed by atoms with Gasteiger partial charge in [0.1, 0.15) is 0 Å². The first kappa shape index (κ1) is 11.6. The fourth-order valence-electron chi connectivity index (χ4n) is 2.35. The molecule has 1 aromatic carbocycles. The lowest BCUT2D eigenvalue weighted by molar-refractivity contribution is -0.138. The average Bonchev–Trinajstić information content (AvgIpc) is 2.98. The zero-order valence-corrected chi connectivity index (χ0v) is 9.51. The highest BCUT2D eigenvalue weighted by atomic mass is 19.4. The predicted molar refractivity (Wildman–Crippen MR) is 57.5 cm³/mol. The van der Waals surface area contributed by atoms with E-state index in [0.717, 1.165) is 6.07 Å². The quantitative estimate of drug-likeness (QED) is 0.887. The Hall–Kier alpha value is -1.43. The summed E-state index contributed by atoms with van der Waals surface area (Å²) in [6.45, 7) is 0.182. The Balaban J connectivity index is 2.17. The maximum atomic E-state index is 13.1. The van der Waals surface area contributed by atoms with Crippen molar-refractivity contribution in [2.45, 2.75) is 24.4 Å². The minimum absolute atomic E-state index is 0.0360. The molecular weight excluding hydrogens is 247 g/mol. The van der Waals surface area contributed by atoms with Gasteiger partial charge in [-0.05, 0) is 30.5 Å². The van der Waals surface area contributed by atoms with Crippen LogP contribution in [0.15, 0.2) is 12.1 Å². The number of benzene rings is 1. The molecule has 0 radical (unpaired) electrons. The second-order valence-corrected chi connectivity index (χ2v) is 4.73. The summed E-state index contributed by atoms with van der Waals surface area (Å²) in [7, 11) is 0. The number of rotatable bonds is 2. The first-order valence-electron chi connectivity index (χ1n) is 5.68. The van der Waals surface area contributed by atoms with Crippen molar-refractivity contribution in [3.63, 3.8) is 0 Å². The normalized spacial score (nSPS) is 20.0. The first-order valence-corrected chi connectivity index (χ1v) is 5.68. The number of hydrogen-bond acceptors (Lipinski definition) is 3. The zero-order valence-electron chi connectivity index (χ0n) is 9.51. The maximum Gasteiger partial charge on any atom is 0.416 e. The van der Waals surface area contributed by atoms with Gasteiger partial charge in [-0.15, -0.1) is 0 Å². The van der Waals surface area contributed by atoms with Gasteiger partial charge >= 0.3 is 6.18 Å². The molecule has 0 unspecified atom stereocenters. The fourth-order valence-corrected chi connectivity index (χ4v) is 2.35. The molecule has 0 saturated heterocycles. The van der Waals surface area contributed by atoms with Gasteiger partial charge in [0.05, 0.1) is 5.56 Å². The molecule has 1 saturated carbocycles. The summed E-state index contributed by atoms with van der Waals surface area (Å²) < 4.78 is 49.4. The molecule has 98 valence electrons. The van der Waals surface area contributed by atoms with Crippen molar-refractivity contribution in [2.75, 3.05) is 13.3 Å². The van der Waals surface area contributed by atoms with Crippen molar-refractivity contribution < 1.29 is 22.6 Å². The van der Waals surface area contributed by atoms with Crippen LogP contribution in [0.25, 0.3) is 0 Å². The lowest BCUT2D eigenvalue weighted by atomic mass is 9.90. The van der Waals surface area contributed by atoms with Crippen molar-refractivity contribution in [3.05, 3.63) is 23.3 Å². The van der Waals surface area contributed by atoms with E-state index < -0.39 is 17.2 Å². The molecule has 0 bridgehead atoms. The number of fused-ring (bicyclic) bond motifs is 1. The molecule has 3 rings (SSSR count). The molecule has 0 amide bonds. The second-order valence-electron chi connectivity index (χ2n) is 4.73. The van der Waals surface area contributed by atoms with Gasteiger partial charge in [0.2, 0.25) is 6.79 Å². The number of halogens is 3. The number of alkyl halides is 3. The Kier molecular flexibility index (Phi) is 2.29. The Bertz CT molecular complexity index is 495. The third kappa shape index (κ3) is 1.63. The number of ether oxygens (including phenoxy) is 2. The smallest absolute Gasteiger partial charge is 0.416 e. The molecule has 6 heteroatoms. The van der Waals surface area contributed by atoms with E-state index in [-0.39, 0.29) is 24.7 Å². The van der Waals surface area contributed by atoms with E-state index in [0.29, 0.717) is 18.6 Å². The van der Waals surface area contributed by atoms with E-state index in [2.05, 4.69) is 0 Å². The van der Waals surface area contributed by atoms with E-state index in [1.165, 1.54) is 6.07 Å². The van der Waals surface area contributed by atoms with E-state index >= 15 is 0 Å². The molecule has 1 aliphatic carbocycles. The van der Waals surface area contributed by atoms with Gasteiger partial charge in [-0.2, -0.15) is 13.2 Å². The Morgan fingerprint density at radius 3 is 2.28 bits per heavy atom. The fraction of sp³-hybridized carbons (Fsp3) is 0.500. The minimum Gasteiger partial charge on any atom is -0.454 e. The standard InChI is InChI=1S/C12H12F3NO2/c13-12(14,15)8-4-10-9(17-6-18-10)3-7(8)11(5-16)1-2-11/h3-4H,1-2,5-6,16H2. The SMILES string of the molecule is NCC1(c2cc3c(cc2C(F)(F)F)OCO3)CC1. The molecule has 2 aliphatic rings. The molecule has 1 heterocycles. The number of nitrogens with two attached hydrogens (primary N) is 1. The highest BCUT2D eigenvalue weighted by Crippen LogP contribution is 2.53. The topological polar surface area (TPSA) is 44.5 Å². The molecule has 3 nitrogen and oxygen atoms in total.